The Balaban J connectivity index is 1.40. The van der Waals surface area contributed by atoms with Crippen LogP contribution < -0.4 is 0 Å². The molecule has 0 aliphatic carbocycles. The number of benzene rings is 1. The molecular weight excluding hydrogens is 326 g/mol. The summed E-state index contributed by atoms with van der Waals surface area (Å²) in [5.74, 6) is 0.267. The molecule has 2 saturated heterocycles. The highest BCUT2D eigenvalue weighted by Crippen LogP contribution is 2.42. The highest BCUT2D eigenvalue weighted by molar-refractivity contribution is 5.78. The minimum absolute atomic E-state index is 0.158. The van der Waals surface area contributed by atoms with Gasteiger partial charge in [-0.25, -0.2) is 0 Å². The van der Waals surface area contributed by atoms with Crippen molar-refractivity contribution in [3.63, 3.8) is 0 Å². The van der Waals surface area contributed by atoms with E-state index in [9.17, 15) is 4.79 Å². The number of nitrogens with zero attached hydrogens (tertiary/aromatic N) is 3. The number of carbonyl (C=O) groups excluding carboxylic acids is 1. The van der Waals surface area contributed by atoms with E-state index in [1.807, 2.05) is 4.90 Å². The van der Waals surface area contributed by atoms with E-state index in [0.29, 0.717) is 13.2 Å². The number of hydrogen-bond acceptors (Lipinski definition) is 4. The van der Waals surface area contributed by atoms with Crippen LogP contribution in [0.25, 0.3) is 0 Å². The Morgan fingerprint density at radius 3 is 2.73 bits per heavy atom. The van der Waals surface area contributed by atoms with Crippen molar-refractivity contribution in [2.24, 2.45) is 0 Å². The summed E-state index contributed by atoms with van der Waals surface area (Å²) < 4.78 is 5.47. The first kappa shape index (κ1) is 18.0. The summed E-state index contributed by atoms with van der Waals surface area (Å²) in [5, 5.41) is 0. The third-order valence-electron chi connectivity index (χ3n) is 6.58. The van der Waals surface area contributed by atoms with Crippen LogP contribution in [0.4, 0.5) is 0 Å². The van der Waals surface area contributed by atoms with Gasteiger partial charge in [-0.3, -0.25) is 14.6 Å². The van der Waals surface area contributed by atoms with Crippen LogP contribution in [0.1, 0.15) is 30.4 Å². The van der Waals surface area contributed by atoms with Crippen molar-refractivity contribution in [3.8, 4) is 0 Å². The van der Waals surface area contributed by atoms with Crippen LogP contribution in [0, 0.1) is 0 Å². The second-order valence-electron chi connectivity index (χ2n) is 7.98. The molecule has 5 nitrogen and oxygen atoms in total. The molecule has 0 atom stereocenters. The Morgan fingerprint density at radius 2 is 1.88 bits per heavy atom. The van der Waals surface area contributed by atoms with E-state index in [1.54, 1.807) is 0 Å². The van der Waals surface area contributed by atoms with E-state index >= 15 is 0 Å². The normalized spacial score (nSPS) is 24.3. The van der Waals surface area contributed by atoms with Crippen molar-refractivity contribution in [2.75, 3.05) is 59.5 Å². The van der Waals surface area contributed by atoms with E-state index in [0.717, 1.165) is 65.0 Å². The summed E-state index contributed by atoms with van der Waals surface area (Å²) in [6.07, 6.45) is 4.32. The van der Waals surface area contributed by atoms with Gasteiger partial charge in [-0.2, -0.15) is 0 Å². The smallest absolute Gasteiger partial charge is 0.236 e. The van der Waals surface area contributed by atoms with Crippen molar-refractivity contribution < 1.29 is 9.53 Å². The van der Waals surface area contributed by atoms with Gasteiger partial charge in [-0.15, -0.1) is 0 Å². The van der Waals surface area contributed by atoms with Crippen molar-refractivity contribution in [3.05, 3.63) is 35.4 Å². The average molecular weight is 357 g/mol. The van der Waals surface area contributed by atoms with E-state index in [1.165, 1.54) is 11.1 Å². The Kier molecular flexibility index (Phi) is 5.30. The van der Waals surface area contributed by atoms with Crippen LogP contribution in [0.2, 0.25) is 0 Å². The van der Waals surface area contributed by atoms with Gasteiger partial charge < -0.3 is 9.64 Å². The molecule has 0 unspecified atom stereocenters. The highest BCUT2D eigenvalue weighted by atomic mass is 16.5. The molecule has 142 valence electrons. The molecule has 0 radical (unpaired) electrons. The van der Waals surface area contributed by atoms with Crippen LogP contribution in [0.3, 0.4) is 0 Å². The van der Waals surface area contributed by atoms with E-state index < -0.39 is 0 Å². The van der Waals surface area contributed by atoms with E-state index in [4.69, 9.17) is 4.74 Å². The molecular formula is C21H31N3O2. The molecule has 1 aromatic carbocycles. The minimum Gasteiger partial charge on any atom is -0.380 e. The molecule has 5 heteroatoms. The standard InChI is InChI=1S/C21H31N3O2/c1-22-11-7-18-5-2-3-6-19(18)21(22)8-12-23(13-9-21)17-20(25)24-10-4-15-26-16-14-24/h2-3,5-6H,4,7-17H2,1H3. The van der Waals surface area contributed by atoms with Crippen LogP contribution in [0.5, 0.6) is 0 Å². The fourth-order valence-corrected chi connectivity index (χ4v) is 4.92. The number of hydrogen-bond donors (Lipinski definition) is 0. The van der Waals surface area contributed by atoms with Crippen LogP contribution in [-0.2, 0) is 21.5 Å². The first-order valence-corrected chi connectivity index (χ1v) is 10.1. The highest BCUT2D eigenvalue weighted by Gasteiger charge is 2.43. The second kappa shape index (κ2) is 7.67. The average Bonchev–Trinajstić information content (AvgIpc) is 2.96. The lowest BCUT2D eigenvalue weighted by molar-refractivity contribution is -0.133. The van der Waals surface area contributed by atoms with Crippen LogP contribution in [0.15, 0.2) is 24.3 Å². The molecule has 1 amide bonds. The zero-order valence-corrected chi connectivity index (χ0v) is 16.0. The molecule has 3 aliphatic rings. The third kappa shape index (κ3) is 3.40. The van der Waals surface area contributed by atoms with Gasteiger partial charge in [0, 0.05) is 44.9 Å². The molecule has 3 heterocycles. The van der Waals surface area contributed by atoms with Gasteiger partial charge >= 0.3 is 0 Å². The van der Waals surface area contributed by atoms with Gasteiger partial charge in [0.1, 0.15) is 0 Å². The first-order valence-electron chi connectivity index (χ1n) is 10.1. The number of fused-ring (bicyclic) bond motifs is 2. The van der Waals surface area contributed by atoms with E-state index in [2.05, 4.69) is 41.1 Å². The molecule has 1 spiro atoms. The number of likely N-dealkylation sites (tertiary alicyclic amines) is 1. The number of likely N-dealkylation sites (N-methyl/N-ethyl adjacent to an activating group) is 1. The van der Waals surface area contributed by atoms with Crippen molar-refractivity contribution in [2.45, 2.75) is 31.2 Å². The predicted molar refractivity (Wildman–Crippen MR) is 102 cm³/mol. The predicted octanol–water partition coefficient (Wildman–Crippen LogP) is 1.71. The van der Waals surface area contributed by atoms with Gasteiger partial charge in [0.15, 0.2) is 0 Å². The Labute approximate surface area is 156 Å². The number of piperidine rings is 1. The third-order valence-corrected chi connectivity index (χ3v) is 6.58. The first-order chi connectivity index (χ1) is 12.7. The lowest BCUT2D eigenvalue weighted by atomic mass is 9.74. The molecule has 0 bridgehead atoms. The topological polar surface area (TPSA) is 36.0 Å². The molecule has 0 N–H and O–H groups in total. The summed E-state index contributed by atoms with van der Waals surface area (Å²) in [6.45, 7) is 6.71. The fraction of sp³-hybridized carbons (Fsp3) is 0.667. The quantitative estimate of drug-likeness (QED) is 0.807. The summed E-state index contributed by atoms with van der Waals surface area (Å²) in [5.41, 5.74) is 3.19. The minimum atomic E-state index is 0.158. The molecule has 2 fully saturated rings. The maximum atomic E-state index is 12.7. The van der Waals surface area contributed by atoms with Gasteiger partial charge in [0.25, 0.3) is 0 Å². The molecule has 3 aliphatic heterocycles. The van der Waals surface area contributed by atoms with Gasteiger partial charge in [-0.05, 0) is 43.9 Å². The number of ether oxygens (including phenoxy) is 1. The molecule has 0 aromatic heterocycles. The maximum absolute atomic E-state index is 12.7. The second-order valence-corrected chi connectivity index (χ2v) is 7.98. The van der Waals surface area contributed by atoms with Crippen molar-refractivity contribution in [1.29, 1.82) is 0 Å². The molecule has 1 aromatic rings. The maximum Gasteiger partial charge on any atom is 0.236 e. The van der Waals surface area contributed by atoms with Gasteiger partial charge in [0.2, 0.25) is 5.91 Å². The Hall–Kier alpha value is -1.43. The summed E-state index contributed by atoms with van der Waals surface area (Å²) in [6, 6.07) is 8.96. The SMILES string of the molecule is CN1CCc2ccccc2C12CCN(CC(=O)N1CCCOCC1)CC2. The largest absolute Gasteiger partial charge is 0.380 e. The number of rotatable bonds is 2. The number of carbonyl (C=O) groups is 1. The molecule has 4 rings (SSSR count). The van der Waals surface area contributed by atoms with Gasteiger partial charge in [-0.1, -0.05) is 24.3 Å². The molecule has 0 saturated carbocycles. The monoisotopic (exact) mass is 357 g/mol. The Bertz CT molecular complexity index is 632. The Morgan fingerprint density at radius 1 is 1.08 bits per heavy atom. The number of amides is 1. The summed E-state index contributed by atoms with van der Waals surface area (Å²) in [4.78, 5) is 19.6. The van der Waals surface area contributed by atoms with Crippen molar-refractivity contribution >= 4 is 5.91 Å². The fourth-order valence-electron chi connectivity index (χ4n) is 4.92. The summed E-state index contributed by atoms with van der Waals surface area (Å²) >= 11 is 0. The van der Waals surface area contributed by atoms with Crippen LogP contribution in [-0.4, -0.2) is 80.1 Å². The van der Waals surface area contributed by atoms with Gasteiger partial charge in [0.05, 0.1) is 13.2 Å². The van der Waals surface area contributed by atoms with E-state index in [-0.39, 0.29) is 11.4 Å². The lowest BCUT2D eigenvalue weighted by Crippen LogP contribution is -2.55. The summed E-state index contributed by atoms with van der Waals surface area (Å²) in [7, 11) is 2.27. The van der Waals surface area contributed by atoms with Crippen LogP contribution >= 0.6 is 0 Å². The zero-order chi connectivity index (χ0) is 18.0. The molecule has 26 heavy (non-hydrogen) atoms. The lowest BCUT2D eigenvalue weighted by Gasteiger charge is -2.51. The zero-order valence-electron chi connectivity index (χ0n) is 16.0. The van der Waals surface area contributed by atoms with Crippen molar-refractivity contribution in [1.82, 2.24) is 14.7 Å².